The Hall–Kier alpha value is 1.78. The molecule has 0 unspecified atom stereocenters. The molecule has 0 aliphatic heterocycles. The average molecular weight is 304 g/mol. The van der Waals surface area contributed by atoms with E-state index in [4.69, 9.17) is 0 Å². The van der Waals surface area contributed by atoms with Gasteiger partial charge in [0.2, 0.25) is 0 Å². The van der Waals surface area contributed by atoms with Crippen LogP contribution in [0.3, 0.4) is 0 Å². The SMILES string of the molecule is C[Si](C)(C)[CH]([Nd])[Si](C)(C)C. The molecule has 59 valence electrons. The van der Waals surface area contributed by atoms with E-state index in [0.717, 1.165) is 0 Å². The fourth-order valence-corrected chi connectivity index (χ4v) is 11.7. The number of rotatable bonds is 2. The van der Waals surface area contributed by atoms with E-state index in [1.807, 2.05) is 0 Å². The monoisotopic (exact) mass is 301 g/mol. The molecule has 0 rings (SSSR count). The Kier molecular flexibility index (Phi) is 4.32. The van der Waals surface area contributed by atoms with E-state index >= 15 is 0 Å². The Bertz CT molecular complexity index is 95.8. The van der Waals surface area contributed by atoms with Gasteiger partial charge in [-0.25, -0.2) is 0 Å². The molecule has 0 fully saturated rings. The third kappa shape index (κ3) is 3.97. The summed E-state index contributed by atoms with van der Waals surface area (Å²) < 4.78 is 1.18. The minimum atomic E-state index is -0.773. The maximum atomic E-state index is 2.52. The fourth-order valence-electron chi connectivity index (χ4n) is 1.30. The summed E-state index contributed by atoms with van der Waals surface area (Å²) in [6.45, 7) is 15.1. The van der Waals surface area contributed by atoms with Crippen molar-refractivity contribution in [2.75, 3.05) is 0 Å². The summed E-state index contributed by atoms with van der Waals surface area (Å²) in [5.74, 6) is 0. The van der Waals surface area contributed by atoms with E-state index in [2.05, 4.69) is 39.3 Å². The summed E-state index contributed by atoms with van der Waals surface area (Å²) in [6, 6.07) is 0. The molecule has 0 bridgehead atoms. The van der Waals surface area contributed by atoms with Gasteiger partial charge in [0, 0.05) is 0 Å². The standard InChI is InChI=1S/C7H19Si2.Nd/c1-8(2,3)7-9(4,5)6;/h7H,1-6H3;. The first-order valence-electron chi connectivity index (χ1n) is 3.87. The van der Waals surface area contributed by atoms with Crippen molar-refractivity contribution < 1.29 is 38.8 Å². The van der Waals surface area contributed by atoms with Crippen LogP contribution in [0.25, 0.3) is 0 Å². The predicted molar refractivity (Wildman–Crippen MR) is 50.4 cm³/mol. The summed E-state index contributed by atoms with van der Waals surface area (Å²) in [5.41, 5.74) is 0. The van der Waals surface area contributed by atoms with Crippen LogP contribution in [0.4, 0.5) is 0 Å². The second kappa shape index (κ2) is 3.66. The summed E-state index contributed by atoms with van der Waals surface area (Å²) in [7, 11) is -1.55. The van der Waals surface area contributed by atoms with E-state index in [1.165, 1.54) is 39.6 Å². The van der Waals surface area contributed by atoms with Crippen molar-refractivity contribution in [1.29, 1.82) is 0 Å². The van der Waals surface area contributed by atoms with Crippen molar-refractivity contribution in [3.8, 4) is 0 Å². The van der Waals surface area contributed by atoms with Crippen LogP contribution >= 0.6 is 0 Å². The third-order valence-corrected chi connectivity index (χ3v) is 27.1. The molecule has 0 radical (unpaired) electrons. The van der Waals surface area contributed by atoms with E-state index in [0.29, 0.717) is 0 Å². The van der Waals surface area contributed by atoms with Gasteiger partial charge in [-0.3, -0.25) is 0 Å². The zero-order valence-electron chi connectivity index (χ0n) is 8.08. The Morgan fingerprint density at radius 2 is 1.00 bits per heavy atom. The van der Waals surface area contributed by atoms with Gasteiger partial charge in [-0.1, -0.05) is 0 Å². The molecule has 0 aromatic carbocycles. The second-order valence-electron chi connectivity index (χ2n) is 5.17. The van der Waals surface area contributed by atoms with Gasteiger partial charge < -0.3 is 0 Å². The van der Waals surface area contributed by atoms with Crippen molar-refractivity contribution in [1.82, 2.24) is 0 Å². The predicted octanol–water partition coefficient (Wildman–Crippen LogP) is 3.08. The summed E-state index contributed by atoms with van der Waals surface area (Å²) in [4.78, 5) is 0. The molecule has 0 N–H and O–H groups in total. The van der Waals surface area contributed by atoms with Crippen LogP contribution in [0.5, 0.6) is 0 Å². The summed E-state index contributed by atoms with van der Waals surface area (Å²) in [6.07, 6.45) is 0. The molecule has 0 nitrogen and oxygen atoms in total. The normalized spacial score (nSPS) is 14.2. The van der Waals surface area contributed by atoms with E-state index in [1.54, 1.807) is 0 Å². The van der Waals surface area contributed by atoms with Gasteiger partial charge >= 0.3 is 95.0 Å². The van der Waals surface area contributed by atoms with Gasteiger partial charge in [0.25, 0.3) is 0 Å². The first-order valence-corrected chi connectivity index (χ1v) is 12.9. The van der Waals surface area contributed by atoms with Crippen LogP contribution in [0.1, 0.15) is 0 Å². The van der Waals surface area contributed by atoms with Gasteiger partial charge in [0.15, 0.2) is 0 Å². The zero-order chi connectivity index (χ0) is 8.58. The van der Waals surface area contributed by atoms with Crippen LogP contribution in [-0.2, 0) is 0 Å². The second-order valence-corrected chi connectivity index (χ2v) is 21.9. The molecular weight excluding hydrogens is 284 g/mol. The molecule has 0 aliphatic carbocycles. The topological polar surface area (TPSA) is 0 Å². The number of hydrogen-bond acceptors (Lipinski definition) is 0. The Morgan fingerprint density at radius 3 is 1.00 bits per heavy atom. The molecule has 0 aromatic heterocycles. The molecule has 0 spiro atoms. The van der Waals surface area contributed by atoms with Crippen LogP contribution in [0, 0.1) is 38.8 Å². The van der Waals surface area contributed by atoms with Gasteiger partial charge in [-0.05, 0) is 0 Å². The van der Waals surface area contributed by atoms with E-state index in [9.17, 15) is 0 Å². The maximum absolute atomic E-state index is 2.52. The molecule has 0 saturated carbocycles. The molecular formula is C7H19NdSi2. The minimum absolute atomic E-state index is 0.773. The quantitative estimate of drug-likeness (QED) is 0.688. The Balaban J connectivity index is 4.23. The van der Waals surface area contributed by atoms with Crippen LogP contribution < -0.4 is 0 Å². The number of hydrogen-bond donors (Lipinski definition) is 0. The Labute approximate surface area is 93.8 Å². The van der Waals surface area contributed by atoms with Gasteiger partial charge in [0.05, 0.1) is 0 Å². The first kappa shape index (κ1) is 11.8. The first-order chi connectivity index (χ1) is 4.15. The average Bonchev–Trinajstić information content (AvgIpc) is 1.59. The molecule has 3 heteroatoms. The molecule has 0 amide bonds. The Morgan fingerprint density at radius 1 is 0.800 bits per heavy atom. The van der Waals surface area contributed by atoms with Crippen molar-refractivity contribution in [3.05, 3.63) is 0 Å². The zero-order valence-corrected chi connectivity index (χ0v) is 13.3. The third-order valence-electron chi connectivity index (χ3n) is 1.73. The summed E-state index contributed by atoms with van der Waals surface area (Å²) in [5, 5.41) is 0. The van der Waals surface area contributed by atoms with Crippen LogP contribution in [-0.4, -0.2) is 16.1 Å². The molecule has 0 heterocycles. The molecule has 0 aliphatic rings. The van der Waals surface area contributed by atoms with Crippen LogP contribution in [0.2, 0.25) is 40.1 Å². The fraction of sp³-hybridized carbons (Fsp3) is 1.00. The van der Waals surface area contributed by atoms with Crippen molar-refractivity contribution in [3.63, 3.8) is 0 Å². The van der Waals surface area contributed by atoms with Gasteiger partial charge in [-0.15, -0.1) is 0 Å². The van der Waals surface area contributed by atoms with Gasteiger partial charge in [0.1, 0.15) is 0 Å². The molecule has 10 heavy (non-hydrogen) atoms. The van der Waals surface area contributed by atoms with Crippen molar-refractivity contribution in [2.45, 2.75) is 40.1 Å². The molecule has 0 aromatic rings. The van der Waals surface area contributed by atoms with Crippen LogP contribution in [0.15, 0.2) is 0 Å². The molecule has 0 saturated heterocycles. The summed E-state index contributed by atoms with van der Waals surface area (Å²) >= 11 is 1.43. The van der Waals surface area contributed by atoms with E-state index in [-0.39, 0.29) is 0 Å². The van der Waals surface area contributed by atoms with E-state index < -0.39 is 16.1 Å². The van der Waals surface area contributed by atoms with Crippen molar-refractivity contribution >= 4 is 16.1 Å². The molecule has 0 atom stereocenters. The van der Waals surface area contributed by atoms with Crippen molar-refractivity contribution in [2.24, 2.45) is 0 Å². The van der Waals surface area contributed by atoms with Gasteiger partial charge in [-0.2, -0.15) is 0 Å².